The second-order valence-electron chi connectivity index (χ2n) is 7.96. The van der Waals surface area contributed by atoms with Gasteiger partial charge in [-0.2, -0.15) is 0 Å². The molecule has 4 nitrogen and oxygen atoms in total. The lowest BCUT2D eigenvalue weighted by Gasteiger charge is -2.28. The van der Waals surface area contributed by atoms with Gasteiger partial charge in [-0.15, -0.1) is 6.58 Å². The van der Waals surface area contributed by atoms with E-state index >= 15 is 0 Å². The number of hydrogen-bond donors (Lipinski definition) is 1. The summed E-state index contributed by atoms with van der Waals surface area (Å²) in [5.74, 6) is 0.534. The number of ether oxygens (including phenoxy) is 1. The lowest BCUT2D eigenvalue weighted by Crippen LogP contribution is -2.41. The highest BCUT2D eigenvalue weighted by Crippen LogP contribution is 2.35. The van der Waals surface area contributed by atoms with E-state index in [1.807, 2.05) is 80.6 Å². The fraction of sp³-hybridized carbons (Fsp3) is 0.214. The summed E-state index contributed by atoms with van der Waals surface area (Å²) in [5.41, 5.74) is 2.01. The molecule has 6 heteroatoms. The first kappa shape index (κ1) is 25.8. The Balaban J connectivity index is 1.95. The van der Waals surface area contributed by atoms with Crippen LogP contribution < -0.4 is 9.46 Å². The van der Waals surface area contributed by atoms with E-state index in [-0.39, 0.29) is 10.8 Å². The number of rotatable bonds is 11. The number of sulfonamides is 1. The summed E-state index contributed by atoms with van der Waals surface area (Å²) >= 11 is 1.63. The van der Waals surface area contributed by atoms with Crippen LogP contribution in [0.2, 0.25) is 0 Å². The highest BCUT2D eigenvalue weighted by Gasteiger charge is 2.28. The first-order valence-corrected chi connectivity index (χ1v) is 13.4. The van der Waals surface area contributed by atoms with Gasteiger partial charge in [-0.1, -0.05) is 71.9 Å². The lowest BCUT2D eigenvalue weighted by atomic mass is 9.93. The molecule has 0 unspecified atom stereocenters. The second kappa shape index (κ2) is 12.1. The van der Waals surface area contributed by atoms with Gasteiger partial charge in [0.05, 0.1) is 12.0 Å². The molecule has 0 fully saturated rings. The number of thioether (sulfide) groups is 1. The fourth-order valence-corrected chi connectivity index (χ4v) is 6.00. The highest BCUT2D eigenvalue weighted by molar-refractivity contribution is 8.03. The highest BCUT2D eigenvalue weighted by atomic mass is 32.2. The minimum Gasteiger partial charge on any atom is -0.497 e. The van der Waals surface area contributed by atoms with Crippen molar-refractivity contribution < 1.29 is 13.2 Å². The van der Waals surface area contributed by atoms with Crippen LogP contribution in [0.4, 0.5) is 0 Å². The molecule has 3 aromatic carbocycles. The van der Waals surface area contributed by atoms with Crippen molar-refractivity contribution in [3.8, 4) is 5.75 Å². The Hall–Kier alpha value is -2.80. The third-order valence-corrected chi connectivity index (χ3v) is 8.29. The Morgan fingerprint density at radius 1 is 1.03 bits per heavy atom. The average Bonchev–Trinajstić information content (AvgIpc) is 2.85. The molecule has 0 aliphatic heterocycles. The van der Waals surface area contributed by atoms with Crippen molar-refractivity contribution in [1.29, 1.82) is 0 Å². The summed E-state index contributed by atoms with van der Waals surface area (Å²) in [7, 11) is -2.11. The standard InChI is InChI=1S/C28H31NO3S2/c1-5-26(28(6-2)33-24-10-8-7-9-11-24)27(20-22-14-16-23(32-4)17-15-22)29-34(30,31)25-18-12-21(3)13-19-25/h5-19,26-27,29H,1,20H2,2-4H3/b28-6+/t26-,27+/m0/s1. The topological polar surface area (TPSA) is 55.4 Å². The number of benzene rings is 3. The third kappa shape index (κ3) is 6.86. The van der Waals surface area contributed by atoms with E-state index in [2.05, 4.69) is 11.3 Å². The van der Waals surface area contributed by atoms with Crippen LogP contribution in [0.3, 0.4) is 0 Å². The van der Waals surface area contributed by atoms with Gasteiger partial charge in [0.15, 0.2) is 0 Å². The molecular weight excluding hydrogens is 462 g/mol. The lowest BCUT2D eigenvalue weighted by molar-refractivity contribution is 0.414. The van der Waals surface area contributed by atoms with E-state index < -0.39 is 16.1 Å². The van der Waals surface area contributed by atoms with Crippen LogP contribution in [-0.2, 0) is 16.4 Å². The molecule has 0 amide bonds. The predicted octanol–water partition coefficient (Wildman–Crippen LogP) is 6.39. The van der Waals surface area contributed by atoms with E-state index in [4.69, 9.17) is 4.74 Å². The normalized spacial score (nSPS) is 13.8. The van der Waals surface area contributed by atoms with Crippen LogP contribution in [0.25, 0.3) is 0 Å². The van der Waals surface area contributed by atoms with Crippen molar-refractivity contribution >= 4 is 21.8 Å². The number of methoxy groups -OCH3 is 1. The zero-order chi connectivity index (χ0) is 24.6. The Bertz CT molecular complexity index is 1200. The maximum Gasteiger partial charge on any atom is 0.240 e. The van der Waals surface area contributed by atoms with Gasteiger partial charge >= 0.3 is 0 Å². The molecule has 0 aliphatic carbocycles. The van der Waals surface area contributed by atoms with E-state index in [9.17, 15) is 8.42 Å². The van der Waals surface area contributed by atoms with Crippen LogP contribution in [0.15, 0.2) is 112 Å². The van der Waals surface area contributed by atoms with E-state index in [0.717, 1.165) is 26.7 Å². The Morgan fingerprint density at radius 3 is 2.24 bits per heavy atom. The molecule has 0 heterocycles. The molecule has 0 saturated heterocycles. The predicted molar refractivity (Wildman–Crippen MR) is 142 cm³/mol. The summed E-state index contributed by atoms with van der Waals surface area (Å²) in [5, 5.41) is 0. The SMILES string of the molecule is C=C[C@H](/C(=C\C)Sc1ccccc1)[C@@H](Cc1ccc(OC)cc1)NS(=O)(=O)c1ccc(C)cc1. The van der Waals surface area contributed by atoms with Crippen LogP contribution >= 0.6 is 11.8 Å². The van der Waals surface area contributed by atoms with Gasteiger partial charge in [0.25, 0.3) is 0 Å². The summed E-state index contributed by atoms with van der Waals surface area (Å²) in [6.45, 7) is 7.97. The zero-order valence-electron chi connectivity index (χ0n) is 19.8. The van der Waals surface area contributed by atoms with Crippen molar-refractivity contribution in [3.05, 3.63) is 114 Å². The molecule has 0 aromatic heterocycles. The van der Waals surface area contributed by atoms with E-state index in [0.29, 0.717) is 6.42 Å². The van der Waals surface area contributed by atoms with Crippen LogP contribution in [0, 0.1) is 12.8 Å². The maximum absolute atomic E-state index is 13.3. The first-order chi connectivity index (χ1) is 16.4. The molecular formula is C28H31NO3S2. The minimum absolute atomic E-state index is 0.225. The monoisotopic (exact) mass is 493 g/mol. The molecule has 0 radical (unpaired) electrons. The van der Waals surface area contributed by atoms with Gasteiger partial charge in [-0.3, -0.25) is 0 Å². The number of nitrogens with one attached hydrogen (secondary N) is 1. The van der Waals surface area contributed by atoms with Crippen molar-refractivity contribution in [1.82, 2.24) is 4.72 Å². The molecule has 3 rings (SSSR count). The first-order valence-electron chi connectivity index (χ1n) is 11.1. The van der Waals surface area contributed by atoms with Crippen molar-refractivity contribution in [2.24, 2.45) is 5.92 Å². The Morgan fingerprint density at radius 2 is 1.68 bits per heavy atom. The van der Waals surface area contributed by atoms with E-state index in [1.165, 1.54) is 0 Å². The van der Waals surface area contributed by atoms with Gasteiger partial charge < -0.3 is 4.74 Å². The van der Waals surface area contributed by atoms with Crippen LogP contribution in [-0.4, -0.2) is 21.6 Å². The molecule has 2 atom stereocenters. The fourth-order valence-electron chi connectivity index (χ4n) is 3.66. The number of allylic oxidation sites excluding steroid dienone is 1. The Labute approximate surface area is 207 Å². The molecule has 0 spiro atoms. The van der Waals surface area contributed by atoms with Crippen molar-refractivity contribution in [2.45, 2.75) is 36.1 Å². The van der Waals surface area contributed by atoms with Gasteiger partial charge in [0.1, 0.15) is 5.75 Å². The van der Waals surface area contributed by atoms with Gasteiger partial charge in [0, 0.05) is 16.9 Å². The number of aryl methyl sites for hydroxylation is 1. The molecule has 34 heavy (non-hydrogen) atoms. The van der Waals surface area contributed by atoms with Gasteiger partial charge in [0.2, 0.25) is 10.0 Å². The molecule has 178 valence electrons. The minimum atomic E-state index is -3.74. The third-order valence-electron chi connectivity index (χ3n) is 5.53. The molecule has 0 saturated carbocycles. The summed E-state index contributed by atoms with van der Waals surface area (Å²) in [6, 6.07) is 24.2. The Kier molecular flexibility index (Phi) is 9.16. The smallest absolute Gasteiger partial charge is 0.240 e. The average molecular weight is 494 g/mol. The number of hydrogen-bond acceptors (Lipinski definition) is 4. The quantitative estimate of drug-likeness (QED) is 0.248. The maximum atomic E-state index is 13.3. The largest absolute Gasteiger partial charge is 0.497 e. The molecule has 0 bridgehead atoms. The summed E-state index contributed by atoms with van der Waals surface area (Å²) in [4.78, 5) is 2.37. The van der Waals surface area contributed by atoms with Crippen molar-refractivity contribution in [3.63, 3.8) is 0 Å². The molecule has 1 N–H and O–H groups in total. The van der Waals surface area contributed by atoms with Crippen molar-refractivity contribution in [2.75, 3.05) is 7.11 Å². The van der Waals surface area contributed by atoms with Gasteiger partial charge in [-0.05, 0) is 67.1 Å². The molecule has 3 aromatic rings. The second-order valence-corrected chi connectivity index (χ2v) is 10.8. The zero-order valence-corrected chi connectivity index (χ0v) is 21.4. The van der Waals surface area contributed by atoms with Gasteiger partial charge in [-0.25, -0.2) is 13.1 Å². The van der Waals surface area contributed by atoms with Crippen LogP contribution in [0.1, 0.15) is 18.1 Å². The van der Waals surface area contributed by atoms with E-state index in [1.54, 1.807) is 43.1 Å². The summed E-state index contributed by atoms with van der Waals surface area (Å²) in [6.07, 6.45) is 4.36. The van der Waals surface area contributed by atoms with Crippen LogP contribution in [0.5, 0.6) is 5.75 Å². The molecule has 0 aliphatic rings. The summed E-state index contributed by atoms with van der Waals surface area (Å²) < 4.78 is 34.9.